The number of alkyl halides is 1. The molecule has 8 atom stereocenters. The van der Waals surface area contributed by atoms with Gasteiger partial charge in [0.05, 0.1) is 18.8 Å². The molecule has 0 aliphatic carbocycles. The Balaban J connectivity index is 1.99. The second-order valence-corrected chi connectivity index (χ2v) is 9.08. The first-order valence-corrected chi connectivity index (χ1v) is 11.0. The smallest absolute Gasteiger partial charge is 0.388 e. The van der Waals surface area contributed by atoms with Crippen LogP contribution in [0.2, 0.25) is 0 Å². The number of phosphoric acid groups is 1. The van der Waals surface area contributed by atoms with E-state index in [2.05, 4.69) is 0 Å². The molecule has 2 heterocycles. The lowest BCUT2D eigenvalue weighted by Crippen LogP contribution is -2.42. The number of rotatable bonds is 10. The molecule has 4 radical (unpaired) electrons. The van der Waals surface area contributed by atoms with Gasteiger partial charge in [-0.15, -0.1) is 0 Å². The first kappa shape index (κ1) is 25.2. The second-order valence-electron chi connectivity index (χ2n) is 7.68. The summed E-state index contributed by atoms with van der Waals surface area (Å²) in [6.45, 7) is 5.97. The van der Waals surface area contributed by atoms with E-state index < -0.39 is 56.7 Å². The summed E-state index contributed by atoms with van der Waals surface area (Å²) in [5.41, 5.74) is 0. The summed E-state index contributed by atoms with van der Waals surface area (Å²) in [7, 11) is 6.41. The fourth-order valence-corrected chi connectivity index (χ4v) is 4.02. The Hall–Kier alpha value is -0.0301. The summed E-state index contributed by atoms with van der Waals surface area (Å²) < 4.78 is 58.5. The van der Waals surface area contributed by atoms with Crippen molar-refractivity contribution in [2.24, 2.45) is 0 Å². The molecule has 0 aromatic rings. The van der Waals surface area contributed by atoms with Crippen molar-refractivity contribution in [1.82, 2.24) is 0 Å². The van der Waals surface area contributed by atoms with Crippen LogP contribution in [0.5, 0.6) is 0 Å². The third kappa shape index (κ3) is 6.98. The lowest BCUT2D eigenvalue weighted by molar-refractivity contribution is -0.203. The highest BCUT2D eigenvalue weighted by Gasteiger charge is 2.52. The monoisotopic (exact) mass is 436 g/mol. The minimum absolute atomic E-state index is 0.0393. The Kier molecular flexibility index (Phi) is 8.75. The van der Waals surface area contributed by atoms with Crippen LogP contribution in [-0.2, 0) is 32.6 Å². The normalized spacial score (nSPS) is 40.0. The zero-order chi connectivity index (χ0) is 22.0. The molecule has 2 unspecified atom stereocenters. The van der Waals surface area contributed by atoms with Gasteiger partial charge in [-0.05, 0) is 34.1 Å². The number of halogens is 1. The van der Waals surface area contributed by atoms with Gasteiger partial charge < -0.3 is 28.9 Å². The van der Waals surface area contributed by atoms with Crippen LogP contribution in [0, 0.1) is 0 Å². The molecule has 2 saturated heterocycles. The van der Waals surface area contributed by atoms with Crippen LogP contribution in [0.1, 0.15) is 34.1 Å². The van der Waals surface area contributed by atoms with Crippen LogP contribution >= 0.6 is 7.82 Å². The van der Waals surface area contributed by atoms with Gasteiger partial charge in [0.2, 0.25) is 0 Å². The molecule has 29 heavy (non-hydrogen) atoms. The molecule has 9 nitrogen and oxygen atoms in total. The number of aliphatic hydroxyl groups excluding tert-OH is 1. The zero-order valence-electron chi connectivity index (χ0n) is 17.0. The van der Waals surface area contributed by atoms with Gasteiger partial charge >= 0.3 is 7.82 Å². The fourth-order valence-electron chi connectivity index (χ4n) is 3.05. The van der Waals surface area contributed by atoms with Crippen LogP contribution in [0.25, 0.3) is 0 Å². The fraction of sp³-hybridized carbons (Fsp3) is 1.00. The van der Waals surface area contributed by atoms with Gasteiger partial charge in [-0.25, -0.2) is 8.96 Å². The zero-order valence-corrected chi connectivity index (χ0v) is 17.9. The van der Waals surface area contributed by atoms with Crippen molar-refractivity contribution >= 4 is 23.5 Å². The first-order valence-electron chi connectivity index (χ1n) is 9.47. The number of hydrogen-bond acceptors (Lipinski definition) is 8. The van der Waals surface area contributed by atoms with E-state index in [0.29, 0.717) is 0 Å². The predicted octanol–water partition coefficient (Wildman–Crippen LogP) is 0.542. The molecule has 2 aliphatic rings. The van der Waals surface area contributed by atoms with E-state index in [1.54, 1.807) is 27.7 Å². The maximum absolute atomic E-state index is 15.1. The molecule has 2 rings (SSSR count). The van der Waals surface area contributed by atoms with Gasteiger partial charge in [-0.2, -0.15) is 0 Å². The molecular weight excluding hydrogens is 408 g/mol. The van der Waals surface area contributed by atoms with Crippen LogP contribution in [0.3, 0.4) is 0 Å². The number of ether oxygens (including phenoxy) is 4. The average molecular weight is 436 g/mol. The summed E-state index contributed by atoms with van der Waals surface area (Å²) >= 11 is 0. The average Bonchev–Trinajstić information content (AvgIpc) is 3.01. The van der Waals surface area contributed by atoms with Gasteiger partial charge in [0.25, 0.3) is 5.85 Å². The van der Waals surface area contributed by atoms with Crippen molar-refractivity contribution in [1.29, 1.82) is 0 Å². The highest BCUT2D eigenvalue weighted by atomic mass is 31.2. The molecule has 164 valence electrons. The van der Waals surface area contributed by atoms with E-state index in [-0.39, 0.29) is 25.2 Å². The van der Waals surface area contributed by atoms with Crippen LogP contribution in [0.15, 0.2) is 0 Å². The quantitative estimate of drug-likeness (QED) is 0.375. The summed E-state index contributed by atoms with van der Waals surface area (Å²) in [6, 6.07) is -2.10. The van der Waals surface area contributed by atoms with E-state index in [9.17, 15) is 14.6 Å². The lowest BCUT2D eigenvalue weighted by atomic mass is 9.93. The van der Waals surface area contributed by atoms with Crippen molar-refractivity contribution in [2.75, 3.05) is 13.2 Å². The Bertz CT molecular complexity index is 587. The van der Waals surface area contributed by atoms with E-state index in [4.69, 9.17) is 43.7 Å². The molecule has 2 aliphatic heterocycles. The van der Waals surface area contributed by atoms with Crippen LogP contribution in [0.4, 0.5) is 4.39 Å². The number of aliphatic hydroxyl groups is 1. The molecule has 0 spiro atoms. The summed E-state index contributed by atoms with van der Waals surface area (Å²) in [5.74, 6) is -2.53. The van der Waals surface area contributed by atoms with Crippen molar-refractivity contribution in [2.45, 2.75) is 88.6 Å². The van der Waals surface area contributed by atoms with Crippen molar-refractivity contribution in [3.8, 4) is 0 Å². The van der Waals surface area contributed by atoms with E-state index in [1.807, 2.05) is 0 Å². The Morgan fingerprint density at radius 2 is 1.93 bits per heavy atom. The Morgan fingerprint density at radius 3 is 2.52 bits per heavy atom. The minimum Gasteiger partial charge on any atom is -0.388 e. The first-order chi connectivity index (χ1) is 13.3. The minimum atomic E-state index is -4.83. The van der Waals surface area contributed by atoms with Crippen molar-refractivity contribution in [3.63, 3.8) is 0 Å². The van der Waals surface area contributed by atoms with Gasteiger partial charge in [0.15, 0.2) is 0 Å². The Morgan fingerprint density at radius 1 is 1.28 bits per heavy atom. The maximum Gasteiger partial charge on any atom is 0.472 e. The molecule has 0 amide bonds. The van der Waals surface area contributed by atoms with E-state index in [0.717, 1.165) is 0 Å². The molecule has 2 N–H and O–H groups in total. The van der Waals surface area contributed by atoms with Crippen molar-refractivity contribution < 1.29 is 47.0 Å². The molecule has 2 fully saturated rings. The predicted molar refractivity (Wildman–Crippen MR) is 101 cm³/mol. The maximum atomic E-state index is 15.1. The standard InChI is InChI=1S/C16H28B2FO9P/c1-8(2)23-6-10-14(13(20)15(18)26-10)28-29(21,22)24-7-16(19)11(25-9(3)4)5-12(17)27-16/h8-15,20H,5-7H2,1-4H3,(H,21,22)/t10-,11-,12-,13?,14+,15-,16-/m1/s1. The Labute approximate surface area is 172 Å². The largest absolute Gasteiger partial charge is 0.472 e. The number of hydrogen-bond donors (Lipinski definition) is 2. The van der Waals surface area contributed by atoms with Gasteiger partial charge in [0, 0.05) is 12.0 Å². The van der Waals surface area contributed by atoms with E-state index in [1.165, 1.54) is 0 Å². The SMILES string of the molecule is [B][C@@H]1O[C@H](COC(C)C)[C@H](OP(=O)(O)OC[C@@]2(F)O[C@@H]([B])C[C@H]2OC(C)C)C1O. The molecule has 13 heteroatoms. The van der Waals surface area contributed by atoms with Gasteiger partial charge in [-0.3, -0.25) is 9.05 Å². The highest BCUT2D eigenvalue weighted by molar-refractivity contribution is 7.47. The molecule has 0 saturated carbocycles. The summed E-state index contributed by atoms with van der Waals surface area (Å²) in [5, 5.41) is 10.1. The van der Waals surface area contributed by atoms with Crippen LogP contribution in [-0.4, -0.2) is 93.4 Å². The third-order valence-corrected chi connectivity index (χ3v) is 5.32. The van der Waals surface area contributed by atoms with Gasteiger partial charge in [0.1, 0.15) is 46.7 Å². The summed E-state index contributed by atoms with van der Waals surface area (Å²) in [4.78, 5) is 10.1. The van der Waals surface area contributed by atoms with Gasteiger partial charge in [-0.1, -0.05) is 0 Å². The topological polar surface area (TPSA) is 113 Å². The highest BCUT2D eigenvalue weighted by Crippen LogP contribution is 2.49. The molecule has 0 bridgehead atoms. The van der Waals surface area contributed by atoms with Crippen molar-refractivity contribution in [3.05, 3.63) is 0 Å². The second kappa shape index (κ2) is 10.1. The molecular formula is C16H28B2FO9P. The molecule has 0 aromatic heterocycles. The van der Waals surface area contributed by atoms with Crippen LogP contribution < -0.4 is 0 Å². The molecule has 0 aromatic carbocycles. The number of phosphoric ester groups is 1. The third-order valence-electron chi connectivity index (χ3n) is 4.36. The lowest BCUT2D eigenvalue weighted by Gasteiger charge is -2.29. The van der Waals surface area contributed by atoms with E-state index >= 15 is 4.39 Å². The summed E-state index contributed by atoms with van der Waals surface area (Å²) in [6.07, 6.45) is -5.16.